The molecular weight excluding hydrogens is 400 g/mol. The number of aryl methyl sites for hydroxylation is 2. The van der Waals surface area contributed by atoms with Crippen LogP contribution in [0.4, 0.5) is 0 Å². The lowest BCUT2D eigenvalue weighted by Crippen LogP contribution is -2.40. The minimum absolute atomic E-state index is 0.00844. The number of benzene rings is 1. The van der Waals surface area contributed by atoms with Crippen molar-refractivity contribution >= 4 is 17.6 Å². The minimum Gasteiger partial charge on any atom is -0.361 e. The molecule has 7 nitrogen and oxygen atoms in total. The van der Waals surface area contributed by atoms with E-state index in [0.29, 0.717) is 18.1 Å². The number of halogens is 1. The lowest BCUT2D eigenvalue weighted by atomic mass is 10.1. The van der Waals surface area contributed by atoms with Gasteiger partial charge in [-0.05, 0) is 37.1 Å². The van der Waals surface area contributed by atoms with Crippen molar-refractivity contribution in [3.63, 3.8) is 0 Å². The highest BCUT2D eigenvalue weighted by Gasteiger charge is 2.16. The van der Waals surface area contributed by atoms with E-state index in [1.807, 2.05) is 41.2 Å². The van der Waals surface area contributed by atoms with Gasteiger partial charge in [-0.1, -0.05) is 42.7 Å². The van der Waals surface area contributed by atoms with Gasteiger partial charge in [0.15, 0.2) is 5.96 Å². The highest BCUT2D eigenvalue weighted by molar-refractivity contribution is 6.30. The van der Waals surface area contributed by atoms with Gasteiger partial charge in [-0.15, -0.1) is 0 Å². The highest BCUT2D eigenvalue weighted by Crippen LogP contribution is 2.20. The van der Waals surface area contributed by atoms with E-state index in [-0.39, 0.29) is 6.04 Å². The zero-order chi connectivity index (χ0) is 21.3. The standard InChI is InChI=1S/C22H29ClN6O/c1-4-19-18(21(5-2)30-28-19)14-25-22(24-6-3)26-15-20(29-13-7-12-27-29)16-8-10-17(23)11-9-16/h7-13,20H,4-6,14-15H2,1-3H3,(H2,24,25,26). The van der Waals surface area contributed by atoms with Crippen LogP contribution in [-0.2, 0) is 19.4 Å². The Morgan fingerprint density at radius 3 is 2.60 bits per heavy atom. The van der Waals surface area contributed by atoms with Gasteiger partial charge in [-0.2, -0.15) is 5.10 Å². The zero-order valence-electron chi connectivity index (χ0n) is 17.7. The number of aromatic nitrogens is 3. The van der Waals surface area contributed by atoms with Gasteiger partial charge in [-0.25, -0.2) is 4.99 Å². The molecule has 0 spiro atoms. The summed E-state index contributed by atoms with van der Waals surface area (Å²) in [6.45, 7) is 8.12. The van der Waals surface area contributed by atoms with E-state index in [1.165, 1.54) is 0 Å². The molecule has 0 aliphatic heterocycles. The van der Waals surface area contributed by atoms with Gasteiger partial charge >= 0.3 is 0 Å². The molecule has 0 fully saturated rings. The maximum Gasteiger partial charge on any atom is 0.191 e. The summed E-state index contributed by atoms with van der Waals surface area (Å²) in [6.07, 6.45) is 5.38. The molecule has 0 radical (unpaired) electrons. The Morgan fingerprint density at radius 2 is 1.97 bits per heavy atom. The van der Waals surface area contributed by atoms with Gasteiger partial charge in [0.25, 0.3) is 0 Å². The zero-order valence-corrected chi connectivity index (χ0v) is 18.5. The van der Waals surface area contributed by atoms with Crippen molar-refractivity contribution in [2.24, 2.45) is 4.99 Å². The number of aliphatic imine (C=N–C) groups is 1. The van der Waals surface area contributed by atoms with Gasteiger partial charge in [0, 0.05) is 42.5 Å². The summed E-state index contributed by atoms with van der Waals surface area (Å²) in [5, 5.41) is 16.1. The third-order valence-corrected chi connectivity index (χ3v) is 5.16. The van der Waals surface area contributed by atoms with Crippen molar-refractivity contribution in [3.8, 4) is 0 Å². The molecule has 2 heterocycles. The Bertz CT molecular complexity index is 912. The van der Waals surface area contributed by atoms with Crippen molar-refractivity contribution in [1.29, 1.82) is 0 Å². The summed E-state index contributed by atoms with van der Waals surface area (Å²) in [5.41, 5.74) is 3.17. The van der Waals surface area contributed by atoms with E-state index in [4.69, 9.17) is 21.1 Å². The van der Waals surface area contributed by atoms with Gasteiger partial charge in [-0.3, -0.25) is 4.68 Å². The van der Waals surface area contributed by atoms with Crippen LogP contribution in [-0.4, -0.2) is 34.0 Å². The second kappa shape index (κ2) is 10.8. The molecule has 0 saturated heterocycles. The number of nitrogens with one attached hydrogen (secondary N) is 2. The molecule has 2 N–H and O–H groups in total. The summed E-state index contributed by atoms with van der Waals surface area (Å²) in [4.78, 5) is 4.78. The quantitative estimate of drug-likeness (QED) is 0.398. The largest absolute Gasteiger partial charge is 0.361 e. The summed E-state index contributed by atoms with van der Waals surface area (Å²) in [5.74, 6) is 1.65. The molecule has 0 bridgehead atoms. The van der Waals surface area contributed by atoms with Crippen LogP contribution >= 0.6 is 11.6 Å². The number of rotatable bonds is 9. The van der Waals surface area contributed by atoms with E-state index >= 15 is 0 Å². The van der Waals surface area contributed by atoms with Crippen LogP contribution in [0.15, 0.2) is 52.2 Å². The Morgan fingerprint density at radius 1 is 1.17 bits per heavy atom. The smallest absolute Gasteiger partial charge is 0.191 e. The number of nitrogens with zero attached hydrogens (tertiary/aromatic N) is 4. The van der Waals surface area contributed by atoms with E-state index in [0.717, 1.165) is 47.9 Å². The van der Waals surface area contributed by atoms with E-state index in [1.54, 1.807) is 6.20 Å². The first kappa shape index (κ1) is 21.9. The molecule has 1 atom stereocenters. The third-order valence-electron chi connectivity index (χ3n) is 4.91. The molecule has 2 aromatic heterocycles. The lowest BCUT2D eigenvalue weighted by Gasteiger charge is -2.20. The van der Waals surface area contributed by atoms with Crippen molar-refractivity contribution in [1.82, 2.24) is 25.6 Å². The summed E-state index contributed by atoms with van der Waals surface area (Å²) in [7, 11) is 0. The lowest BCUT2D eigenvalue weighted by molar-refractivity contribution is 0.380. The van der Waals surface area contributed by atoms with Gasteiger partial charge in [0.05, 0.1) is 18.3 Å². The average Bonchev–Trinajstić information content (AvgIpc) is 3.43. The number of hydrogen-bond acceptors (Lipinski definition) is 4. The fraction of sp³-hybridized carbons (Fsp3) is 0.409. The highest BCUT2D eigenvalue weighted by atomic mass is 35.5. The molecule has 0 amide bonds. The topological polar surface area (TPSA) is 80.3 Å². The molecule has 30 heavy (non-hydrogen) atoms. The van der Waals surface area contributed by atoms with Crippen LogP contribution in [0.3, 0.4) is 0 Å². The van der Waals surface area contributed by atoms with Gasteiger partial charge in [0.2, 0.25) is 0 Å². The Kier molecular flexibility index (Phi) is 7.90. The molecular formula is C22H29ClN6O. The second-order valence-electron chi connectivity index (χ2n) is 6.87. The minimum atomic E-state index is 0.00844. The van der Waals surface area contributed by atoms with Crippen LogP contribution in [0.1, 0.15) is 49.4 Å². The van der Waals surface area contributed by atoms with Crippen molar-refractivity contribution < 1.29 is 4.52 Å². The molecule has 0 aliphatic rings. The van der Waals surface area contributed by atoms with Crippen molar-refractivity contribution in [2.75, 3.05) is 13.1 Å². The van der Waals surface area contributed by atoms with Gasteiger partial charge < -0.3 is 15.2 Å². The molecule has 3 aromatic rings. The first-order valence-electron chi connectivity index (χ1n) is 10.4. The van der Waals surface area contributed by atoms with Gasteiger partial charge in [0.1, 0.15) is 5.76 Å². The van der Waals surface area contributed by atoms with Crippen molar-refractivity contribution in [3.05, 3.63) is 70.3 Å². The molecule has 3 rings (SSSR count). The van der Waals surface area contributed by atoms with Crippen LogP contribution in [0.5, 0.6) is 0 Å². The predicted molar refractivity (Wildman–Crippen MR) is 120 cm³/mol. The van der Waals surface area contributed by atoms with Crippen LogP contribution in [0, 0.1) is 0 Å². The molecule has 0 aliphatic carbocycles. The molecule has 1 unspecified atom stereocenters. The molecule has 8 heteroatoms. The molecule has 0 saturated carbocycles. The van der Waals surface area contributed by atoms with E-state index in [9.17, 15) is 0 Å². The fourth-order valence-corrected chi connectivity index (χ4v) is 3.45. The number of hydrogen-bond donors (Lipinski definition) is 2. The Labute approximate surface area is 182 Å². The second-order valence-corrected chi connectivity index (χ2v) is 7.30. The molecule has 1 aromatic carbocycles. The normalized spacial score (nSPS) is 12.7. The predicted octanol–water partition coefficient (Wildman–Crippen LogP) is 3.99. The number of guanidine groups is 1. The molecule has 160 valence electrons. The van der Waals surface area contributed by atoms with Crippen LogP contribution in [0.25, 0.3) is 0 Å². The third kappa shape index (κ3) is 5.42. The first-order valence-corrected chi connectivity index (χ1v) is 10.8. The maximum absolute atomic E-state index is 6.07. The Balaban J connectivity index is 1.77. The average molecular weight is 429 g/mol. The van der Waals surface area contributed by atoms with Crippen molar-refractivity contribution in [2.45, 2.75) is 46.2 Å². The monoisotopic (exact) mass is 428 g/mol. The van der Waals surface area contributed by atoms with E-state index in [2.05, 4.69) is 41.7 Å². The first-order chi connectivity index (χ1) is 14.7. The van der Waals surface area contributed by atoms with E-state index < -0.39 is 0 Å². The van der Waals surface area contributed by atoms with Crippen LogP contribution < -0.4 is 10.6 Å². The summed E-state index contributed by atoms with van der Waals surface area (Å²) in [6, 6.07) is 9.78. The fourth-order valence-electron chi connectivity index (χ4n) is 3.32. The summed E-state index contributed by atoms with van der Waals surface area (Å²) >= 11 is 6.07. The Hall–Kier alpha value is -2.80. The SMILES string of the molecule is CCNC(=NCc1c(CC)noc1CC)NCC(c1ccc(Cl)cc1)n1cccn1. The summed E-state index contributed by atoms with van der Waals surface area (Å²) < 4.78 is 7.39. The maximum atomic E-state index is 6.07. The van der Waals surface area contributed by atoms with Crippen LogP contribution in [0.2, 0.25) is 5.02 Å².